The summed E-state index contributed by atoms with van der Waals surface area (Å²) in [6, 6.07) is 10.7. The summed E-state index contributed by atoms with van der Waals surface area (Å²) in [5.41, 5.74) is 6.60. The van der Waals surface area contributed by atoms with Gasteiger partial charge in [-0.1, -0.05) is 18.2 Å². The normalized spacial score (nSPS) is 15.1. The number of aromatic nitrogens is 1. The topological polar surface area (TPSA) is 40.7 Å². The lowest BCUT2D eigenvalue weighted by molar-refractivity contribution is 0.261. The zero-order valence-corrected chi connectivity index (χ0v) is 17.9. The van der Waals surface area contributed by atoms with Gasteiger partial charge in [0.2, 0.25) is 0 Å². The molecule has 4 rings (SSSR count). The van der Waals surface area contributed by atoms with Crippen LogP contribution in [0.2, 0.25) is 0 Å². The third-order valence-corrected chi connectivity index (χ3v) is 6.10. The average Bonchev–Trinajstić information content (AvgIpc) is 3.13. The second kappa shape index (κ2) is 8.37. The van der Waals surface area contributed by atoms with Crippen molar-refractivity contribution in [2.45, 2.75) is 20.3 Å². The van der Waals surface area contributed by atoms with Gasteiger partial charge in [-0.25, -0.2) is 0 Å². The summed E-state index contributed by atoms with van der Waals surface area (Å²) in [4.78, 5) is 8.50. The van der Waals surface area contributed by atoms with Crippen molar-refractivity contribution in [1.29, 1.82) is 0 Å². The Morgan fingerprint density at radius 2 is 1.59 bits per heavy atom. The van der Waals surface area contributed by atoms with E-state index in [9.17, 15) is 0 Å². The van der Waals surface area contributed by atoms with Gasteiger partial charge in [-0.2, -0.15) is 0 Å². The molecule has 0 aliphatic carbocycles. The van der Waals surface area contributed by atoms with Crippen molar-refractivity contribution in [3.63, 3.8) is 0 Å². The van der Waals surface area contributed by atoms with E-state index in [1.54, 1.807) is 14.2 Å². The number of nitrogens with zero attached hydrogens (tertiary/aromatic N) is 2. The van der Waals surface area contributed by atoms with Crippen molar-refractivity contribution in [3.05, 3.63) is 53.2 Å². The average molecular weight is 394 g/mol. The van der Waals surface area contributed by atoms with Crippen LogP contribution >= 0.6 is 0 Å². The Hall–Kier alpha value is -2.66. The number of H-pyrrole nitrogens is 1. The first kappa shape index (κ1) is 19.6. The largest absolute Gasteiger partial charge is 0.493 e. The third kappa shape index (κ3) is 3.92. The minimum absolute atomic E-state index is 0.760. The molecule has 0 saturated carbocycles. The predicted molar refractivity (Wildman–Crippen MR) is 120 cm³/mol. The van der Waals surface area contributed by atoms with Crippen molar-refractivity contribution in [3.8, 4) is 11.5 Å². The molecule has 3 aromatic rings. The number of aromatic amines is 1. The number of hydrogen-bond acceptors (Lipinski definition) is 4. The molecule has 0 atom stereocenters. The zero-order valence-electron chi connectivity index (χ0n) is 17.9. The van der Waals surface area contributed by atoms with E-state index in [1.165, 1.54) is 27.8 Å². The zero-order chi connectivity index (χ0) is 20.4. The van der Waals surface area contributed by atoms with Crippen LogP contribution in [-0.4, -0.2) is 56.8 Å². The molecule has 1 fully saturated rings. The highest BCUT2D eigenvalue weighted by Crippen LogP contribution is 2.33. The van der Waals surface area contributed by atoms with Gasteiger partial charge in [-0.3, -0.25) is 4.90 Å². The Bertz CT molecular complexity index is 967. The van der Waals surface area contributed by atoms with Gasteiger partial charge in [0.25, 0.3) is 0 Å². The minimum atomic E-state index is 0.760. The second-order valence-electron chi connectivity index (χ2n) is 7.89. The van der Waals surface area contributed by atoms with Gasteiger partial charge in [-0.15, -0.1) is 0 Å². The van der Waals surface area contributed by atoms with E-state index in [2.05, 4.69) is 59.1 Å². The van der Waals surface area contributed by atoms with E-state index in [4.69, 9.17) is 9.47 Å². The number of aryl methyl sites for hydroxylation is 2. The van der Waals surface area contributed by atoms with E-state index in [0.29, 0.717) is 0 Å². The molecule has 1 aliphatic heterocycles. The van der Waals surface area contributed by atoms with Gasteiger partial charge in [0.15, 0.2) is 11.5 Å². The van der Waals surface area contributed by atoms with E-state index in [-0.39, 0.29) is 0 Å². The number of anilines is 1. The van der Waals surface area contributed by atoms with Crippen molar-refractivity contribution in [2.75, 3.05) is 51.8 Å². The first-order valence-corrected chi connectivity index (χ1v) is 10.4. The molecule has 0 radical (unpaired) electrons. The summed E-state index contributed by atoms with van der Waals surface area (Å²) in [7, 11) is 3.36. The van der Waals surface area contributed by atoms with E-state index in [0.717, 1.165) is 56.2 Å². The molecule has 2 heterocycles. The van der Waals surface area contributed by atoms with Crippen LogP contribution in [0.3, 0.4) is 0 Å². The summed E-state index contributed by atoms with van der Waals surface area (Å²) in [6.45, 7) is 9.89. The van der Waals surface area contributed by atoms with Crippen LogP contribution in [0.4, 0.5) is 5.69 Å². The molecule has 5 heteroatoms. The first-order chi connectivity index (χ1) is 14.1. The Labute approximate surface area is 173 Å². The summed E-state index contributed by atoms with van der Waals surface area (Å²) in [6.07, 6.45) is 3.15. The fourth-order valence-electron chi connectivity index (χ4n) is 4.49. The molecule has 5 nitrogen and oxygen atoms in total. The summed E-state index contributed by atoms with van der Waals surface area (Å²) in [5, 5.41) is 1.22. The number of para-hydroxylation sites is 1. The molecule has 0 amide bonds. The molecule has 1 aromatic heterocycles. The SMILES string of the molecule is COc1cc2[nH]cc(CCN3CCN(c4c(C)cccc4C)CC3)c2cc1OC. The molecule has 154 valence electrons. The Morgan fingerprint density at radius 1 is 0.931 bits per heavy atom. The summed E-state index contributed by atoms with van der Waals surface area (Å²) in [5.74, 6) is 1.54. The van der Waals surface area contributed by atoms with Crippen LogP contribution in [0, 0.1) is 13.8 Å². The van der Waals surface area contributed by atoms with Gasteiger partial charge in [0.05, 0.1) is 14.2 Å². The quantitative estimate of drug-likeness (QED) is 0.683. The van der Waals surface area contributed by atoms with Crippen molar-refractivity contribution >= 4 is 16.6 Å². The number of methoxy groups -OCH3 is 2. The maximum atomic E-state index is 5.48. The van der Waals surface area contributed by atoms with Crippen LogP contribution in [-0.2, 0) is 6.42 Å². The molecule has 1 N–H and O–H groups in total. The van der Waals surface area contributed by atoms with E-state index < -0.39 is 0 Å². The Balaban J connectivity index is 1.40. The Kier molecular flexibility index (Phi) is 5.67. The monoisotopic (exact) mass is 393 g/mol. The van der Waals surface area contributed by atoms with Crippen LogP contribution in [0.1, 0.15) is 16.7 Å². The number of ether oxygens (including phenoxy) is 2. The third-order valence-electron chi connectivity index (χ3n) is 6.10. The lowest BCUT2D eigenvalue weighted by atomic mass is 10.1. The maximum absolute atomic E-state index is 5.48. The molecular formula is C24H31N3O2. The lowest BCUT2D eigenvalue weighted by Gasteiger charge is -2.37. The van der Waals surface area contributed by atoms with Crippen LogP contribution in [0.25, 0.3) is 10.9 Å². The van der Waals surface area contributed by atoms with Crippen molar-refractivity contribution in [1.82, 2.24) is 9.88 Å². The highest BCUT2D eigenvalue weighted by Gasteiger charge is 2.20. The minimum Gasteiger partial charge on any atom is -0.493 e. The van der Waals surface area contributed by atoms with Gasteiger partial charge >= 0.3 is 0 Å². The molecule has 29 heavy (non-hydrogen) atoms. The van der Waals surface area contributed by atoms with Gasteiger partial charge in [-0.05, 0) is 43.0 Å². The number of fused-ring (bicyclic) bond motifs is 1. The van der Waals surface area contributed by atoms with Gasteiger partial charge in [0.1, 0.15) is 0 Å². The smallest absolute Gasteiger partial charge is 0.162 e. The molecule has 1 aliphatic rings. The second-order valence-corrected chi connectivity index (χ2v) is 7.89. The lowest BCUT2D eigenvalue weighted by Crippen LogP contribution is -2.47. The van der Waals surface area contributed by atoms with Crippen LogP contribution in [0.5, 0.6) is 11.5 Å². The molecule has 1 saturated heterocycles. The highest BCUT2D eigenvalue weighted by atomic mass is 16.5. The van der Waals surface area contributed by atoms with E-state index >= 15 is 0 Å². The van der Waals surface area contributed by atoms with E-state index in [1.807, 2.05) is 6.07 Å². The summed E-state index contributed by atoms with van der Waals surface area (Å²) >= 11 is 0. The number of nitrogens with one attached hydrogen (secondary N) is 1. The molecule has 0 spiro atoms. The predicted octanol–water partition coefficient (Wildman–Crippen LogP) is 4.17. The Morgan fingerprint density at radius 3 is 2.24 bits per heavy atom. The standard InChI is InChI=1S/C24H31N3O2/c1-17-6-5-7-18(2)24(17)27-12-10-26(11-13-27)9-8-19-16-25-21-15-23(29-4)22(28-3)14-20(19)21/h5-7,14-16,25H,8-13H2,1-4H3. The highest BCUT2D eigenvalue weighted by molar-refractivity contribution is 5.86. The maximum Gasteiger partial charge on any atom is 0.162 e. The fourth-order valence-corrected chi connectivity index (χ4v) is 4.49. The molecule has 0 bridgehead atoms. The molecule has 2 aromatic carbocycles. The number of rotatable bonds is 6. The van der Waals surface area contributed by atoms with Gasteiger partial charge < -0.3 is 19.4 Å². The number of hydrogen-bond donors (Lipinski definition) is 1. The first-order valence-electron chi connectivity index (χ1n) is 10.4. The number of piperazine rings is 1. The van der Waals surface area contributed by atoms with Crippen molar-refractivity contribution in [2.24, 2.45) is 0 Å². The fraction of sp³-hybridized carbons (Fsp3) is 0.417. The summed E-state index contributed by atoms with van der Waals surface area (Å²) < 4.78 is 10.9. The van der Waals surface area contributed by atoms with Gasteiger partial charge in [0, 0.05) is 61.6 Å². The van der Waals surface area contributed by atoms with Crippen molar-refractivity contribution < 1.29 is 9.47 Å². The molecule has 0 unspecified atom stereocenters. The molecular weight excluding hydrogens is 362 g/mol. The van der Waals surface area contributed by atoms with Crippen LogP contribution < -0.4 is 14.4 Å². The number of benzene rings is 2. The van der Waals surface area contributed by atoms with Crippen LogP contribution in [0.15, 0.2) is 36.5 Å².